The molecule has 0 aliphatic heterocycles. The fourth-order valence-corrected chi connectivity index (χ4v) is 1.01. The van der Waals surface area contributed by atoms with Crippen molar-refractivity contribution in [2.75, 3.05) is 6.54 Å². The summed E-state index contributed by atoms with van der Waals surface area (Å²) < 4.78 is 0. The molecular formula is C9H17N3O4. The first kappa shape index (κ1) is 14.2. The number of primary amides is 1. The van der Waals surface area contributed by atoms with Gasteiger partial charge in [-0.05, 0) is 12.8 Å². The van der Waals surface area contributed by atoms with Crippen LogP contribution in [0.4, 0.5) is 4.79 Å². The molecule has 0 saturated carbocycles. The normalized spacial score (nSPS) is 11.6. The Morgan fingerprint density at radius 1 is 1.38 bits per heavy atom. The number of carboxylic acids is 1. The Kier molecular flexibility index (Phi) is 6.66. The summed E-state index contributed by atoms with van der Waals surface area (Å²) in [6, 6.07) is -1.45. The molecule has 0 bridgehead atoms. The molecule has 5 N–H and O–H groups in total. The Bertz CT molecular complexity index is 267. The van der Waals surface area contributed by atoms with E-state index in [0.29, 0.717) is 12.8 Å². The summed E-state index contributed by atoms with van der Waals surface area (Å²) in [6.07, 6.45) is 0.938. The van der Waals surface area contributed by atoms with E-state index in [4.69, 9.17) is 10.8 Å². The number of urea groups is 1. The molecule has 0 fully saturated rings. The number of nitrogens with two attached hydrogens (primary N) is 1. The van der Waals surface area contributed by atoms with Crippen molar-refractivity contribution in [2.24, 2.45) is 5.73 Å². The number of carbonyl (C=O) groups is 3. The van der Waals surface area contributed by atoms with E-state index < -0.39 is 23.9 Å². The molecule has 92 valence electrons. The zero-order valence-electron chi connectivity index (χ0n) is 9.16. The number of carbonyl (C=O) groups excluding carboxylic acids is 2. The van der Waals surface area contributed by atoms with Crippen molar-refractivity contribution < 1.29 is 19.5 Å². The van der Waals surface area contributed by atoms with Gasteiger partial charge in [0.15, 0.2) is 0 Å². The summed E-state index contributed by atoms with van der Waals surface area (Å²) in [5.41, 5.74) is 4.91. The third-order valence-corrected chi connectivity index (χ3v) is 1.90. The van der Waals surface area contributed by atoms with Crippen LogP contribution in [-0.2, 0) is 9.59 Å². The highest BCUT2D eigenvalue weighted by Crippen LogP contribution is 1.90. The maximum Gasteiger partial charge on any atom is 0.326 e. The molecule has 0 saturated heterocycles. The lowest BCUT2D eigenvalue weighted by molar-refractivity contribution is -0.139. The van der Waals surface area contributed by atoms with Crippen molar-refractivity contribution in [3.8, 4) is 0 Å². The molecule has 0 aromatic rings. The fourth-order valence-electron chi connectivity index (χ4n) is 1.01. The molecule has 0 heterocycles. The van der Waals surface area contributed by atoms with Crippen molar-refractivity contribution >= 4 is 17.9 Å². The van der Waals surface area contributed by atoms with Gasteiger partial charge in [-0.2, -0.15) is 0 Å². The monoisotopic (exact) mass is 231 g/mol. The van der Waals surface area contributed by atoms with E-state index >= 15 is 0 Å². The minimum atomic E-state index is -1.07. The number of nitrogens with one attached hydrogen (secondary N) is 2. The Hall–Kier alpha value is -1.79. The van der Waals surface area contributed by atoms with E-state index in [9.17, 15) is 14.4 Å². The molecule has 0 aliphatic carbocycles. The smallest absolute Gasteiger partial charge is 0.326 e. The Balaban J connectivity index is 3.73. The molecule has 7 nitrogen and oxygen atoms in total. The first-order chi connectivity index (χ1) is 7.47. The van der Waals surface area contributed by atoms with E-state index in [0.717, 1.165) is 0 Å². The Labute approximate surface area is 93.4 Å². The summed E-state index contributed by atoms with van der Waals surface area (Å²) in [4.78, 5) is 32.1. The van der Waals surface area contributed by atoms with E-state index in [1.165, 1.54) is 0 Å². The van der Waals surface area contributed by atoms with Gasteiger partial charge in [-0.3, -0.25) is 4.79 Å². The van der Waals surface area contributed by atoms with Gasteiger partial charge in [0.2, 0.25) is 5.91 Å². The molecule has 0 aromatic heterocycles. The SMILES string of the molecule is CC[C@@H](NC(=O)NCCCC(N)=O)C(=O)O. The molecule has 7 heteroatoms. The zero-order chi connectivity index (χ0) is 12.6. The second-order valence-electron chi connectivity index (χ2n) is 3.27. The summed E-state index contributed by atoms with van der Waals surface area (Å²) >= 11 is 0. The van der Waals surface area contributed by atoms with Crippen molar-refractivity contribution in [1.82, 2.24) is 10.6 Å². The molecule has 3 amide bonds. The number of rotatable bonds is 7. The number of hydrogen-bond donors (Lipinski definition) is 4. The van der Waals surface area contributed by atoms with Crippen molar-refractivity contribution in [3.63, 3.8) is 0 Å². The van der Waals surface area contributed by atoms with Crippen molar-refractivity contribution in [1.29, 1.82) is 0 Å². The summed E-state index contributed by atoms with van der Waals surface area (Å²) in [6.45, 7) is 1.94. The predicted octanol–water partition coefficient (Wildman–Crippen LogP) is -0.586. The average Bonchev–Trinajstić information content (AvgIpc) is 2.20. The minimum absolute atomic E-state index is 0.191. The van der Waals surface area contributed by atoms with Gasteiger partial charge in [-0.15, -0.1) is 0 Å². The number of carboxylic acid groups (broad SMARTS) is 1. The number of hydrogen-bond acceptors (Lipinski definition) is 3. The van der Waals surface area contributed by atoms with Crippen molar-refractivity contribution in [2.45, 2.75) is 32.2 Å². The maximum atomic E-state index is 11.2. The molecule has 0 aromatic carbocycles. The van der Waals surface area contributed by atoms with Crippen LogP contribution in [0.25, 0.3) is 0 Å². The zero-order valence-corrected chi connectivity index (χ0v) is 9.16. The molecule has 1 atom stereocenters. The second kappa shape index (κ2) is 7.49. The van der Waals surface area contributed by atoms with Gasteiger partial charge >= 0.3 is 12.0 Å². The molecular weight excluding hydrogens is 214 g/mol. The topological polar surface area (TPSA) is 122 Å². The highest BCUT2D eigenvalue weighted by atomic mass is 16.4. The summed E-state index contributed by atoms with van der Waals surface area (Å²) in [5, 5.41) is 13.4. The van der Waals surface area contributed by atoms with Crippen LogP contribution in [0.1, 0.15) is 26.2 Å². The van der Waals surface area contributed by atoms with Crippen LogP contribution >= 0.6 is 0 Å². The summed E-state index contributed by atoms with van der Waals surface area (Å²) in [7, 11) is 0. The van der Waals surface area contributed by atoms with Gasteiger partial charge in [0, 0.05) is 13.0 Å². The molecule has 0 aliphatic rings. The lowest BCUT2D eigenvalue weighted by atomic mass is 10.2. The van der Waals surface area contributed by atoms with Gasteiger partial charge in [0.1, 0.15) is 6.04 Å². The van der Waals surface area contributed by atoms with Crippen LogP contribution in [0, 0.1) is 0 Å². The molecule has 16 heavy (non-hydrogen) atoms. The fraction of sp³-hybridized carbons (Fsp3) is 0.667. The third kappa shape index (κ3) is 6.63. The van der Waals surface area contributed by atoms with Crippen LogP contribution in [-0.4, -0.2) is 35.6 Å². The van der Waals surface area contributed by atoms with E-state index in [2.05, 4.69) is 10.6 Å². The van der Waals surface area contributed by atoms with Gasteiger partial charge in [0.05, 0.1) is 0 Å². The van der Waals surface area contributed by atoms with Gasteiger partial charge in [-0.25, -0.2) is 9.59 Å². The minimum Gasteiger partial charge on any atom is -0.480 e. The molecule has 0 radical (unpaired) electrons. The van der Waals surface area contributed by atoms with Gasteiger partial charge in [0.25, 0.3) is 0 Å². The van der Waals surface area contributed by atoms with Crippen LogP contribution < -0.4 is 16.4 Å². The summed E-state index contributed by atoms with van der Waals surface area (Å²) in [5.74, 6) is -1.51. The van der Waals surface area contributed by atoms with Crippen LogP contribution in [0.5, 0.6) is 0 Å². The maximum absolute atomic E-state index is 11.2. The van der Waals surface area contributed by atoms with Gasteiger partial charge in [-0.1, -0.05) is 6.92 Å². The van der Waals surface area contributed by atoms with E-state index in [1.807, 2.05) is 0 Å². The van der Waals surface area contributed by atoms with Crippen LogP contribution in [0.2, 0.25) is 0 Å². The Morgan fingerprint density at radius 3 is 2.44 bits per heavy atom. The molecule has 0 unspecified atom stereocenters. The average molecular weight is 231 g/mol. The van der Waals surface area contributed by atoms with E-state index in [-0.39, 0.29) is 13.0 Å². The molecule has 0 spiro atoms. The van der Waals surface area contributed by atoms with Crippen LogP contribution in [0.15, 0.2) is 0 Å². The largest absolute Gasteiger partial charge is 0.480 e. The number of aliphatic carboxylic acids is 1. The van der Waals surface area contributed by atoms with E-state index in [1.54, 1.807) is 6.92 Å². The lowest BCUT2D eigenvalue weighted by Gasteiger charge is -2.12. The second-order valence-corrected chi connectivity index (χ2v) is 3.27. The first-order valence-electron chi connectivity index (χ1n) is 5.02. The standard InChI is InChI=1S/C9H17N3O4/c1-2-6(8(14)15)12-9(16)11-5-3-4-7(10)13/h6H,2-5H2,1H3,(H2,10,13)(H,14,15)(H2,11,12,16)/t6-/m1/s1. The Morgan fingerprint density at radius 2 is 2.00 bits per heavy atom. The third-order valence-electron chi connectivity index (χ3n) is 1.90. The predicted molar refractivity (Wildman–Crippen MR) is 56.7 cm³/mol. The highest BCUT2D eigenvalue weighted by Gasteiger charge is 2.16. The quantitative estimate of drug-likeness (QED) is 0.437. The lowest BCUT2D eigenvalue weighted by Crippen LogP contribution is -2.45. The number of amides is 3. The highest BCUT2D eigenvalue weighted by molar-refractivity contribution is 5.82. The first-order valence-corrected chi connectivity index (χ1v) is 5.02. The molecule has 0 rings (SSSR count). The van der Waals surface area contributed by atoms with Gasteiger partial charge < -0.3 is 21.5 Å². The van der Waals surface area contributed by atoms with Crippen LogP contribution in [0.3, 0.4) is 0 Å². The van der Waals surface area contributed by atoms with Crippen molar-refractivity contribution in [3.05, 3.63) is 0 Å².